The van der Waals surface area contributed by atoms with Gasteiger partial charge in [-0.15, -0.1) is 0 Å². The maximum Gasteiger partial charge on any atom is 0.174 e. The molecule has 0 bridgehead atoms. The standard InChI is InChI=1S/C37H38O8/c1-44-34-22-31(42)35(37-36(34)32(43)21-33(45-37)25-12-19-29(41)20-13-25)30(24-10-17-28(40)18-11-24)6-4-2-3-5-26(38)14-7-23-8-15-27(39)16-9-23/h4,6,8-13,15-20,22,26,30,33,38-42H,2-3,5,7,14,21H2,1H3/b6-4+/t26-,30+,33+/m1/s1. The second-order valence-corrected chi connectivity index (χ2v) is 11.3. The number of hydrogen-bond donors (Lipinski definition) is 5. The zero-order valence-corrected chi connectivity index (χ0v) is 25.1. The highest BCUT2D eigenvalue weighted by atomic mass is 16.5. The van der Waals surface area contributed by atoms with Crippen molar-refractivity contribution in [1.29, 1.82) is 0 Å². The van der Waals surface area contributed by atoms with Crippen molar-refractivity contribution in [3.63, 3.8) is 0 Å². The van der Waals surface area contributed by atoms with E-state index >= 15 is 0 Å². The fourth-order valence-electron chi connectivity index (χ4n) is 5.71. The molecule has 1 heterocycles. The number of hydrogen-bond acceptors (Lipinski definition) is 8. The van der Waals surface area contributed by atoms with Gasteiger partial charge in [-0.25, -0.2) is 0 Å². The number of fused-ring (bicyclic) bond motifs is 1. The quantitative estimate of drug-likeness (QED) is 0.0848. The number of phenolic OH excluding ortho intramolecular Hbond substituents is 4. The lowest BCUT2D eigenvalue weighted by molar-refractivity contribution is 0.0841. The summed E-state index contributed by atoms with van der Waals surface area (Å²) in [5.74, 6) is 0.0424. The number of aryl methyl sites for hydroxylation is 1. The predicted molar refractivity (Wildman–Crippen MR) is 170 cm³/mol. The summed E-state index contributed by atoms with van der Waals surface area (Å²) in [5, 5.41) is 51.1. The molecule has 4 aromatic rings. The van der Waals surface area contributed by atoms with Crippen LogP contribution in [0.1, 0.15) is 76.7 Å². The van der Waals surface area contributed by atoms with Crippen LogP contribution in [0.15, 0.2) is 91.0 Å². The molecule has 4 aromatic carbocycles. The molecule has 3 atom stereocenters. The summed E-state index contributed by atoms with van der Waals surface area (Å²) in [6, 6.07) is 21.6. The van der Waals surface area contributed by atoms with Crippen molar-refractivity contribution in [3.8, 4) is 34.5 Å². The Morgan fingerprint density at radius 1 is 0.889 bits per heavy atom. The third-order valence-electron chi connectivity index (χ3n) is 8.16. The Morgan fingerprint density at radius 2 is 1.51 bits per heavy atom. The van der Waals surface area contributed by atoms with E-state index in [1.54, 1.807) is 48.5 Å². The minimum atomic E-state index is -0.636. The van der Waals surface area contributed by atoms with E-state index in [0.29, 0.717) is 36.8 Å². The normalized spacial score (nSPS) is 15.8. The molecule has 5 rings (SSSR count). The van der Waals surface area contributed by atoms with Crippen LogP contribution in [0, 0.1) is 0 Å². The summed E-state index contributed by atoms with van der Waals surface area (Å²) < 4.78 is 12.0. The maximum atomic E-state index is 13.5. The molecule has 8 heteroatoms. The number of aliphatic hydroxyl groups excluding tert-OH is 1. The Hall–Kier alpha value is -4.95. The van der Waals surface area contributed by atoms with E-state index in [1.807, 2.05) is 24.3 Å². The second kappa shape index (κ2) is 14.2. The van der Waals surface area contributed by atoms with Crippen molar-refractivity contribution < 1.29 is 39.8 Å². The van der Waals surface area contributed by atoms with E-state index in [-0.39, 0.29) is 52.3 Å². The van der Waals surface area contributed by atoms with Crippen LogP contribution in [0.2, 0.25) is 0 Å². The van der Waals surface area contributed by atoms with Gasteiger partial charge >= 0.3 is 0 Å². The van der Waals surface area contributed by atoms with Gasteiger partial charge in [0.2, 0.25) is 0 Å². The van der Waals surface area contributed by atoms with Crippen LogP contribution in [0.5, 0.6) is 34.5 Å². The Bertz CT molecular complexity index is 1630. The number of aromatic hydroxyl groups is 4. The number of rotatable bonds is 12. The number of benzene rings is 4. The van der Waals surface area contributed by atoms with E-state index in [2.05, 4.69) is 0 Å². The number of ketones is 1. The van der Waals surface area contributed by atoms with E-state index in [1.165, 1.54) is 25.3 Å². The summed E-state index contributed by atoms with van der Waals surface area (Å²) in [6.07, 6.45) is 6.24. The Morgan fingerprint density at radius 3 is 2.16 bits per heavy atom. The van der Waals surface area contributed by atoms with Gasteiger partial charge in [0.1, 0.15) is 46.2 Å². The molecule has 0 unspecified atom stereocenters. The molecule has 1 aliphatic rings. The molecule has 234 valence electrons. The van der Waals surface area contributed by atoms with Gasteiger partial charge in [0.25, 0.3) is 0 Å². The molecule has 1 aliphatic heterocycles. The van der Waals surface area contributed by atoms with Gasteiger partial charge in [-0.05, 0) is 85.2 Å². The summed E-state index contributed by atoms with van der Waals surface area (Å²) in [5.41, 5.74) is 3.19. The van der Waals surface area contributed by atoms with Crippen LogP contribution < -0.4 is 9.47 Å². The molecule has 8 nitrogen and oxygen atoms in total. The first kappa shape index (κ1) is 31.5. The third-order valence-corrected chi connectivity index (χ3v) is 8.16. The summed E-state index contributed by atoms with van der Waals surface area (Å²) in [6.45, 7) is 0. The van der Waals surface area contributed by atoms with Gasteiger partial charge in [-0.3, -0.25) is 4.79 Å². The average molecular weight is 611 g/mol. The monoisotopic (exact) mass is 610 g/mol. The van der Waals surface area contributed by atoms with Gasteiger partial charge < -0.3 is 35.0 Å². The van der Waals surface area contributed by atoms with Crippen LogP contribution in [0.25, 0.3) is 0 Å². The molecule has 0 amide bonds. The van der Waals surface area contributed by atoms with Crippen molar-refractivity contribution in [2.24, 2.45) is 0 Å². The van der Waals surface area contributed by atoms with Crippen LogP contribution in [-0.4, -0.2) is 44.5 Å². The van der Waals surface area contributed by atoms with Crippen molar-refractivity contribution >= 4 is 5.78 Å². The topological polar surface area (TPSA) is 137 Å². The molecule has 0 aliphatic carbocycles. The summed E-state index contributed by atoms with van der Waals surface area (Å²) >= 11 is 0. The SMILES string of the molecule is COc1cc(O)c([C@@H](/C=C/CCC[C@@H](O)CCc2ccc(O)cc2)c2ccc(O)cc2)c2c1C(=O)C[C@@H](c1ccc(O)cc1)O2. The van der Waals surface area contributed by atoms with E-state index in [4.69, 9.17) is 9.47 Å². The van der Waals surface area contributed by atoms with E-state index in [9.17, 15) is 30.3 Å². The molecular weight excluding hydrogens is 572 g/mol. The highest BCUT2D eigenvalue weighted by Gasteiger charge is 2.36. The molecule has 0 fully saturated rings. The van der Waals surface area contributed by atoms with Gasteiger partial charge in [0.05, 0.1) is 19.6 Å². The Kier molecular flexibility index (Phi) is 9.95. The average Bonchev–Trinajstić information content (AvgIpc) is 3.03. The lowest BCUT2D eigenvalue weighted by Gasteiger charge is -2.31. The van der Waals surface area contributed by atoms with E-state index < -0.39 is 18.1 Å². The van der Waals surface area contributed by atoms with Crippen LogP contribution >= 0.6 is 0 Å². The van der Waals surface area contributed by atoms with Crippen molar-refractivity contribution in [1.82, 2.24) is 0 Å². The van der Waals surface area contributed by atoms with Crippen LogP contribution in [0.3, 0.4) is 0 Å². The lowest BCUT2D eigenvalue weighted by Crippen LogP contribution is -2.23. The van der Waals surface area contributed by atoms with Crippen LogP contribution in [-0.2, 0) is 6.42 Å². The second-order valence-electron chi connectivity index (χ2n) is 11.3. The molecule has 0 saturated heterocycles. The highest BCUT2D eigenvalue weighted by Crippen LogP contribution is 2.50. The zero-order chi connectivity index (χ0) is 31.9. The Labute approximate surface area is 262 Å². The fourth-order valence-corrected chi connectivity index (χ4v) is 5.71. The molecule has 5 N–H and O–H groups in total. The van der Waals surface area contributed by atoms with Crippen LogP contribution in [0.4, 0.5) is 0 Å². The molecule has 45 heavy (non-hydrogen) atoms. The maximum absolute atomic E-state index is 13.5. The molecule has 0 aromatic heterocycles. The minimum Gasteiger partial charge on any atom is -0.508 e. The van der Waals surface area contributed by atoms with Crippen molar-refractivity contribution in [2.75, 3.05) is 7.11 Å². The number of aliphatic hydroxyl groups is 1. The largest absolute Gasteiger partial charge is 0.508 e. The van der Waals surface area contributed by atoms with Crippen molar-refractivity contribution in [3.05, 3.63) is 119 Å². The third kappa shape index (κ3) is 7.59. The summed E-state index contributed by atoms with van der Waals surface area (Å²) in [4.78, 5) is 13.5. The molecule has 0 saturated carbocycles. The predicted octanol–water partition coefficient (Wildman–Crippen LogP) is 7.08. The number of allylic oxidation sites excluding steroid dienone is 2. The van der Waals surface area contributed by atoms with Gasteiger partial charge in [0, 0.05) is 17.5 Å². The van der Waals surface area contributed by atoms with Crippen molar-refractivity contribution in [2.45, 2.75) is 56.7 Å². The number of Topliss-reactive ketones (excluding diaryl/α,β-unsaturated/α-hetero) is 1. The smallest absolute Gasteiger partial charge is 0.174 e. The number of methoxy groups -OCH3 is 1. The molecule has 0 spiro atoms. The Balaban J connectivity index is 1.39. The first-order valence-corrected chi connectivity index (χ1v) is 15.1. The van der Waals surface area contributed by atoms with Gasteiger partial charge in [-0.1, -0.05) is 48.6 Å². The molecular formula is C37H38O8. The number of carbonyl (C=O) groups is 1. The summed E-state index contributed by atoms with van der Waals surface area (Å²) in [7, 11) is 1.44. The highest BCUT2D eigenvalue weighted by molar-refractivity contribution is 6.03. The lowest BCUT2D eigenvalue weighted by atomic mass is 9.85. The minimum absolute atomic E-state index is 0.0626. The molecule has 0 radical (unpaired) electrons. The number of phenols is 4. The number of ether oxygens (including phenoxy) is 2. The van der Waals surface area contributed by atoms with Gasteiger partial charge in [0.15, 0.2) is 5.78 Å². The zero-order valence-electron chi connectivity index (χ0n) is 25.1. The first-order chi connectivity index (χ1) is 21.7. The van der Waals surface area contributed by atoms with E-state index in [0.717, 1.165) is 17.5 Å². The van der Waals surface area contributed by atoms with Gasteiger partial charge in [-0.2, -0.15) is 0 Å². The first-order valence-electron chi connectivity index (χ1n) is 15.1. The fraction of sp³-hybridized carbons (Fsp3) is 0.270. The number of carbonyl (C=O) groups excluding carboxylic acids is 1. The number of unbranched alkanes of at least 4 members (excludes halogenated alkanes) is 1.